The molecule has 2 aromatic carbocycles. The SMILES string of the molecule is CCNC(=O)Oc1cc(C2OCc3ccccc3S2)ccc1OC. The number of hydrogen-bond donors (Lipinski definition) is 1. The largest absolute Gasteiger partial charge is 0.493 e. The maximum Gasteiger partial charge on any atom is 0.412 e. The lowest BCUT2D eigenvalue weighted by Gasteiger charge is -2.25. The first kappa shape index (κ1) is 16.7. The summed E-state index contributed by atoms with van der Waals surface area (Å²) < 4.78 is 16.5. The van der Waals surface area contributed by atoms with Crippen LogP contribution in [-0.2, 0) is 11.3 Å². The number of hydrogen-bond acceptors (Lipinski definition) is 5. The molecule has 0 spiro atoms. The number of amides is 1. The Hall–Kier alpha value is -2.18. The highest BCUT2D eigenvalue weighted by molar-refractivity contribution is 7.99. The van der Waals surface area contributed by atoms with Gasteiger partial charge in [0.05, 0.1) is 13.7 Å². The molecule has 3 rings (SSSR count). The number of nitrogens with one attached hydrogen (secondary N) is 1. The van der Waals surface area contributed by atoms with Gasteiger partial charge in [-0.3, -0.25) is 0 Å². The standard InChI is InChI=1S/C18H19NO4S/c1-3-19-18(20)23-15-10-12(8-9-14(15)21-2)17-22-11-13-6-4-5-7-16(13)24-17/h4-10,17H,3,11H2,1-2H3,(H,19,20). The lowest BCUT2D eigenvalue weighted by molar-refractivity contribution is 0.0924. The normalized spacial score (nSPS) is 16.2. The summed E-state index contributed by atoms with van der Waals surface area (Å²) in [6.45, 7) is 2.89. The molecule has 1 aliphatic rings. The average Bonchev–Trinajstić information content (AvgIpc) is 2.61. The Balaban J connectivity index is 1.83. The number of benzene rings is 2. The second kappa shape index (κ2) is 7.59. The smallest absolute Gasteiger partial charge is 0.412 e. The average molecular weight is 345 g/mol. The molecular formula is C18H19NO4S. The maximum atomic E-state index is 11.7. The lowest BCUT2D eigenvalue weighted by Crippen LogP contribution is -2.26. The molecule has 1 aliphatic heterocycles. The zero-order valence-electron chi connectivity index (χ0n) is 13.6. The third-order valence-corrected chi connectivity index (χ3v) is 4.85. The fraction of sp³-hybridized carbons (Fsp3) is 0.278. The zero-order valence-corrected chi connectivity index (χ0v) is 14.4. The first-order chi connectivity index (χ1) is 11.7. The van der Waals surface area contributed by atoms with Crippen LogP contribution in [0.3, 0.4) is 0 Å². The van der Waals surface area contributed by atoms with Gasteiger partial charge >= 0.3 is 6.09 Å². The molecule has 0 aromatic heterocycles. The van der Waals surface area contributed by atoms with Gasteiger partial charge in [-0.2, -0.15) is 0 Å². The van der Waals surface area contributed by atoms with Crippen LogP contribution in [0.25, 0.3) is 0 Å². The number of fused-ring (bicyclic) bond motifs is 1. The van der Waals surface area contributed by atoms with Gasteiger partial charge in [-0.05, 0) is 36.2 Å². The van der Waals surface area contributed by atoms with Crippen molar-refractivity contribution in [3.8, 4) is 11.5 Å². The van der Waals surface area contributed by atoms with Crippen molar-refractivity contribution in [3.05, 3.63) is 53.6 Å². The molecule has 0 aliphatic carbocycles. The Morgan fingerprint density at radius 2 is 2.12 bits per heavy atom. The Labute approximate surface area is 145 Å². The number of rotatable bonds is 4. The monoisotopic (exact) mass is 345 g/mol. The Morgan fingerprint density at radius 1 is 1.29 bits per heavy atom. The first-order valence-electron chi connectivity index (χ1n) is 7.71. The summed E-state index contributed by atoms with van der Waals surface area (Å²) >= 11 is 1.64. The van der Waals surface area contributed by atoms with Gasteiger partial charge in [0.2, 0.25) is 0 Å². The molecule has 24 heavy (non-hydrogen) atoms. The molecule has 126 valence electrons. The minimum Gasteiger partial charge on any atom is -0.493 e. The summed E-state index contributed by atoms with van der Waals surface area (Å²) in [5.41, 5.74) is 1.96. The van der Waals surface area contributed by atoms with Crippen molar-refractivity contribution in [2.45, 2.75) is 23.9 Å². The number of carbonyl (C=O) groups is 1. The lowest BCUT2D eigenvalue weighted by atomic mass is 10.2. The van der Waals surface area contributed by atoms with E-state index in [2.05, 4.69) is 17.4 Å². The van der Waals surface area contributed by atoms with Crippen molar-refractivity contribution in [3.63, 3.8) is 0 Å². The molecule has 0 radical (unpaired) electrons. The highest BCUT2D eigenvalue weighted by Gasteiger charge is 2.23. The molecule has 1 unspecified atom stereocenters. The fourth-order valence-electron chi connectivity index (χ4n) is 2.42. The molecule has 2 aromatic rings. The van der Waals surface area contributed by atoms with E-state index in [-0.39, 0.29) is 5.44 Å². The number of carbonyl (C=O) groups excluding carboxylic acids is 1. The van der Waals surface area contributed by atoms with Crippen molar-refractivity contribution in [1.29, 1.82) is 0 Å². The van der Waals surface area contributed by atoms with Crippen molar-refractivity contribution in [1.82, 2.24) is 5.32 Å². The van der Waals surface area contributed by atoms with E-state index in [1.54, 1.807) is 31.0 Å². The summed E-state index contributed by atoms with van der Waals surface area (Å²) in [6, 6.07) is 13.7. The van der Waals surface area contributed by atoms with Crippen molar-refractivity contribution in [2.75, 3.05) is 13.7 Å². The highest BCUT2D eigenvalue weighted by Crippen LogP contribution is 2.44. The van der Waals surface area contributed by atoms with E-state index in [0.717, 1.165) is 5.56 Å². The number of ether oxygens (including phenoxy) is 3. The van der Waals surface area contributed by atoms with E-state index in [1.807, 2.05) is 25.1 Å². The number of methoxy groups -OCH3 is 1. The van der Waals surface area contributed by atoms with E-state index in [0.29, 0.717) is 24.7 Å². The Kier molecular flexibility index (Phi) is 5.27. The Morgan fingerprint density at radius 3 is 2.92 bits per heavy atom. The molecule has 1 heterocycles. The minimum absolute atomic E-state index is 0.151. The van der Waals surface area contributed by atoms with Crippen LogP contribution in [0.4, 0.5) is 4.79 Å². The third kappa shape index (κ3) is 3.66. The van der Waals surface area contributed by atoms with E-state index in [4.69, 9.17) is 14.2 Å². The van der Waals surface area contributed by atoms with Gasteiger partial charge in [0.15, 0.2) is 11.5 Å². The van der Waals surface area contributed by atoms with E-state index < -0.39 is 6.09 Å². The molecule has 0 saturated heterocycles. The van der Waals surface area contributed by atoms with Gasteiger partial charge in [0, 0.05) is 11.4 Å². The third-order valence-electron chi connectivity index (χ3n) is 3.58. The molecule has 1 atom stereocenters. The summed E-state index contributed by atoms with van der Waals surface area (Å²) in [7, 11) is 1.54. The zero-order chi connectivity index (χ0) is 16.9. The number of thioether (sulfide) groups is 1. The van der Waals surface area contributed by atoms with Crippen LogP contribution < -0.4 is 14.8 Å². The predicted molar refractivity (Wildman–Crippen MR) is 92.5 cm³/mol. The molecule has 5 nitrogen and oxygen atoms in total. The summed E-state index contributed by atoms with van der Waals surface area (Å²) in [6.07, 6.45) is -0.504. The fourth-order valence-corrected chi connectivity index (χ4v) is 3.50. The van der Waals surface area contributed by atoms with Crippen LogP contribution in [0.15, 0.2) is 47.4 Å². The van der Waals surface area contributed by atoms with Crippen LogP contribution in [0, 0.1) is 0 Å². The second-order valence-electron chi connectivity index (χ2n) is 5.20. The van der Waals surface area contributed by atoms with Crippen LogP contribution >= 0.6 is 11.8 Å². The van der Waals surface area contributed by atoms with Crippen LogP contribution in [-0.4, -0.2) is 19.7 Å². The summed E-state index contributed by atoms with van der Waals surface area (Å²) in [5.74, 6) is 0.884. The van der Waals surface area contributed by atoms with Gasteiger partial charge in [-0.25, -0.2) is 4.79 Å². The molecule has 0 bridgehead atoms. The van der Waals surface area contributed by atoms with Gasteiger partial charge in [-0.15, -0.1) is 0 Å². The van der Waals surface area contributed by atoms with Gasteiger partial charge in [0.25, 0.3) is 0 Å². The summed E-state index contributed by atoms with van der Waals surface area (Å²) in [5, 5.41) is 2.60. The topological polar surface area (TPSA) is 56.8 Å². The Bertz CT molecular complexity index is 735. The molecule has 0 saturated carbocycles. The van der Waals surface area contributed by atoms with Crippen LogP contribution in [0.2, 0.25) is 0 Å². The maximum absolute atomic E-state index is 11.7. The van der Waals surface area contributed by atoms with E-state index in [9.17, 15) is 4.79 Å². The summed E-state index contributed by atoms with van der Waals surface area (Å²) in [4.78, 5) is 12.9. The molecule has 6 heteroatoms. The highest BCUT2D eigenvalue weighted by atomic mass is 32.2. The van der Waals surface area contributed by atoms with Gasteiger partial charge in [-0.1, -0.05) is 36.0 Å². The van der Waals surface area contributed by atoms with Crippen molar-refractivity contribution in [2.24, 2.45) is 0 Å². The molecule has 1 N–H and O–H groups in total. The van der Waals surface area contributed by atoms with Crippen LogP contribution in [0.5, 0.6) is 11.5 Å². The minimum atomic E-state index is -0.504. The second-order valence-corrected chi connectivity index (χ2v) is 6.30. The van der Waals surface area contributed by atoms with Crippen LogP contribution in [0.1, 0.15) is 23.5 Å². The van der Waals surface area contributed by atoms with Crippen molar-refractivity contribution >= 4 is 17.9 Å². The molecule has 1 amide bonds. The quantitative estimate of drug-likeness (QED) is 0.903. The predicted octanol–water partition coefficient (Wildman–Crippen LogP) is 4.12. The first-order valence-corrected chi connectivity index (χ1v) is 8.59. The van der Waals surface area contributed by atoms with Gasteiger partial charge in [0.1, 0.15) is 5.44 Å². The van der Waals surface area contributed by atoms with E-state index in [1.165, 1.54) is 10.5 Å². The molecular weight excluding hydrogens is 326 g/mol. The molecule has 0 fully saturated rings. The van der Waals surface area contributed by atoms with Gasteiger partial charge < -0.3 is 19.5 Å². The van der Waals surface area contributed by atoms with Crippen molar-refractivity contribution < 1.29 is 19.0 Å². The van der Waals surface area contributed by atoms with E-state index >= 15 is 0 Å².